The molecule has 58 heavy (non-hydrogen) atoms. The third-order valence-electron chi connectivity index (χ3n) is 12.0. The Kier molecular flexibility index (Phi) is 7.47. The van der Waals surface area contributed by atoms with Gasteiger partial charge in [-0.05, 0) is 125 Å². The van der Waals surface area contributed by atoms with Crippen LogP contribution in [0.4, 0.5) is 17.1 Å². The highest BCUT2D eigenvalue weighted by atomic mass is 32.1. The van der Waals surface area contributed by atoms with Gasteiger partial charge in [-0.2, -0.15) is 0 Å². The summed E-state index contributed by atoms with van der Waals surface area (Å²) in [6.07, 6.45) is 0. The summed E-state index contributed by atoms with van der Waals surface area (Å²) in [7, 11) is 0. The lowest BCUT2D eigenvalue weighted by Crippen LogP contribution is -2.09. The zero-order valence-electron chi connectivity index (χ0n) is 31.6. The Hall–Kier alpha value is -7.26. The van der Waals surface area contributed by atoms with Crippen LogP contribution in [0.2, 0.25) is 0 Å². The second-order valence-electron chi connectivity index (χ2n) is 15.3. The number of hydrogen-bond acceptors (Lipinski definition) is 2. The summed E-state index contributed by atoms with van der Waals surface area (Å²) in [6, 6.07) is 78.3. The minimum Gasteiger partial charge on any atom is -0.310 e. The van der Waals surface area contributed by atoms with Crippen LogP contribution < -0.4 is 4.90 Å². The van der Waals surface area contributed by atoms with Gasteiger partial charge >= 0.3 is 0 Å². The molecule has 0 radical (unpaired) electrons. The molecule has 0 bridgehead atoms. The highest BCUT2D eigenvalue weighted by molar-refractivity contribution is 7.26. The summed E-state index contributed by atoms with van der Waals surface area (Å²) in [5.74, 6) is 0. The van der Waals surface area contributed by atoms with Gasteiger partial charge in [0.05, 0.1) is 0 Å². The Bertz CT molecular complexity index is 3560. The van der Waals surface area contributed by atoms with Crippen LogP contribution in [0.1, 0.15) is 0 Å². The first-order valence-corrected chi connectivity index (χ1v) is 20.7. The van der Waals surface area contributed by atoms with Crippen molar-refractivity contribution in [1.82, 2.24) is 0 Å². The molecule has 0 saturated heterocycles. The third-order valence-corrected chi connectivity index (χ3v) is 13.2. The Morgan fingerprint density at radius 2 is 0.759 bits per heavy atom. The summed E-state index contributed by atoms with van der Waals surface area (Å²) < 4.78 is 2.65. The molecular weight excluding hydrogens is 719 g/mol. The van der Waals surface area contributed by atoms with Crippen molar-refractivity contribution in [2.24, 2.45) is 0 Å². The molecule has 1 aromatic heterocycles. The fourth-order valence-electron chi connectivity index (χ4n) is 9.16. The van der Waals surface area contributed by atoms with Gasteiger partial charge in [-0.15, -0.1) is 11.3 Å². The predicted octanol–water partition coefficient (Wildman–Crippen LogP) is 16.6. The number of thiophene rings is 1. The van der Waals surface area contributed by atoms with E-state index in [0.717, 1.165) is 17.1 Å². The molecule has 270 valence electrons. The van der Waals surface area contributed by atoms with Crippen molar-refractivity contribution in [1.29, 1.82) is 0 Å². The molecule has 0 amide bonds. The SMILES string of the molecule is c1ccc2c(c1)ccc1cc(N(c3ccc(-c4ccc(-c5cc6ccccc6c6ccccc56)cc4)cc3)c3ccc4sc5c6ccccc6ccc5c4c3)ccc12. The van der Waals surface area contributed by atoms with Gasteiger partial charge in [0.1, 0.15) is 0 Å². The minimum absolute atomic E-state index is 1.12. The van der Waals surface area contributed by atoms with E-state index in [1.165, 1.54) is 96.3 Å². The van der Waals surface area contributed by atoms with Crippen LogP contribution in [0, 0.1) is 0 Å². The highest BCUT2D eigenvalue weighted by Gasteiger charge is 2.17. The van der Waals surface area contributed by atoms with Crippen molar-refractivity contribution in [3.8, 4) is 22.3 Å². The standard InChI is InChI=1S/C56H35NS/c1-4-12-46-38(9-1)21-22-42-33-44(28-31-48(42)46)57(45-29-32-55-54(35-45)52-30-25-39-10-2-6-14-49(39)56(52)58-55)43-26-23-37(24-27-43)36-17-19-40(20-18-36)53-34-41-11-3-5-13-47(41)50-15-7-8-16-51(50)53/h1-35H. The van der Waals surface area contributed by atoms with Gasteiger partial charge in [-0.25, -0.2) is 0 Å². The lowest BCUT2D eigenvalue weighted by molar-refractivity contribution is 1.30. The van der Waals surface area contributed by atoms with Crippen LogP contribution in [0.25, 0.3) is 96.3 Å². The number of fused-ring (bicyclic) bond motifs is 11. The molecule has 1 heterocycles. The molecule has 0 saturated carbocycles. The fraction of sp³-hybridized carbons (Fsp3) is 0. The monoisotopic (exact) mass is 753 g/mol. The molecule has 2 heteroatoms. The molecule has 0 aliphatic heterocycles. The first kappa shape index (κ1) is 32.9. The molecule has 0 spiro atoms. The number of hydrogen-bond donors (Lipinski definition) is 0. The topological polar surface area (TPSA) is 3.24 Å². The van der Waals surface area contributed by atoms with E-state index in [2.05, 4.69) is 217 Å². The van der Waals surface area contributed by atoms with Crippen molar-refractivity contribution in [3.63, 3.8) is 0 Å². The highest BCUT2D eigenvalue weighted by Crippen LogP contribution is 2.44. The van der Waals surface area contributed by atoms with E-state index in [1.807, 2.05) is 11.3 Å². The Morgan fingerprint density at radius 1 is 0.276 bits per heavy atom. The first-order valence-electron chi connectivity index (χ1n) is 19.9. The molecule has 0 atom stereocenters. The quantitative estimate of drug-likeness (QED) is 0.158. The van der Waals surface area contributed by atoms with Gasteiger partial charge in [-0.3, -0.25) is 0 Å². The second-order valence-corrected chi connectivity index (χ2v) is 16.3. The second kappa shape index (κ2) is 13.2. The molecule has 12 aromatic rings. The molecule has 0 unspecified atom stereocenters. The Morgan fingerprint density at radius 3 is 1.53 bits per heavy atom. The zero-order valence-corrected chi connectivity index (χ0v) is 32.4. The summed E-state index contributed by atoms with van der Waals surface area (Å²) in [6.45, 7) is 0. The number of benzene rings is 11. The smallest absolute Gasteiger partial charge is 0.0468 e. The van der Waals surface area contributed by atoms with E-state index in [-0.39, 0.29) is 0 Å². The first-order chi connectivity index (χ1) is 28.7. The Labute approximate surface area is 340 Å². The maximum atomic E-state index is 2.41. The van der Waals surface area contributed by atoms with E-state index in [0.29, 0.717) is 0 Å². The van der Waals surface area contributed by atoms with E-state index in [4.69, 9.17) is 0 Å². The van der Waals surface area contributed by atoms with E-state index < -0.39 is 0 Å². The largest absolute Gasteiger partial charge is 0.310 e. The normalized spacial score (nSPS) is 11.8. The van der Waals surface area contributed by atoms with Gasteiger partial charge < -0.3 is 4.90 Å². The molecular formula is C56H35NS. The van der Waals surface area contributed by atoms with E-state index in [9.17, 15) is 0 Å². The Balaban J connectivity index is 0.960. The van der Waals surface area contributed by atoms with Crippen molar-refractivity contribution in [2.75, 3.05) is 4.90 Å². The minimum atomic E-state index is 1.12. The summed E-state index contributed by atoms with van der Waals surface area (Å²) >= 11 is 1.89. The molecule has 12 rings (SSSR count). The van der Waals surface area contributed by atoms with Crippen molar-refractivity contribution < 1.29 is 0 Å². The lowest BCUT2D eigenvalue weighted by atomic mass is 9.92. The van der Waals surface area contributed by atoms with Crippen molar-refractivity contribution in [3.05, 3.63) is 212 Å². The molecule has 1 nitrogen and oxygen atoms in total. The van der Waals surface area contributed by atoms with Gasteiger partial charge in [-0.1, -0.05) is 164 Å². The maximum Gasteiger partial charge on any atom is 0.0468 e. The van der Waals surface area contributed by atoms with Gasteiger partial charge in [0.25, 0.3) is 0 Å². The molecule has 0 aliphatic carbocycles. The third kappa shape index (κ3) is 5.30. The maximum absolute atomic E-state index is 2.41. The van der Waals surface area contributed by atoms with Crippen LogP contribution in [-0.4, -0.2) is 0 Å². The van der Waals surface area contributed by atoms with Crippen molar-refractivity contribution >= 4 is 102 Å². The van der Waals surface area contributed by atoms with Crippen LogP contribution in [0.5, 0.6) is 0 Å². The van der Waals surface area contributed by atoms with Crippen LogP contribution in [0.15, 0.2) is 212 Å². The molecule has 0 aliphatic rings. The average molecular weight is 754 g/mol. The summed E-state index contributed by atoms with van der Waals surface area (Å²) in [4.78, 5) is 2.41. The zero-order chi connectivity index (χ0) is 38.2. The van der Waals surface area contributed by atoms with Crippen LogP contribution >= 0.6 is 11.3 Å². The molecule has 11 aromatic carbocycles. The van der Waals surface area contributed by atoms with Gasteiger partial charge in [0, 0.05) is 37.2 Å². The predicted molar refractivity (Wildman–Crippen MR) is 252 cm³/mol. The van der Waals surface area contributed by atoms with E-state index in [1.54, 1.807) is 0 Å². The molecule has 0 N–H and O–H groups in total. The molecule has 0 fully saturated rings. The number of nitrogens with zero attached hydrogens (tertiary/aromatic N) is 1. The van der Waals surface area contributed by atoms with Gasteiger partial charge in [0.2, 0.25) is 0 Å². The van der Waals surface area contributed by atoms with Crippen LogP contribution in [0.3, 0.4) is 0 Å². The van der Waals surface area contributed by atoms with Crippen molar-refractivity contribution in [2.45, 2.75) is 0 Å². The average Bonchev–Trinajstić information content (AvgIpc) is 3.68. The summed E-state index contributed by atoms with van der Waals surface area (Å²) in [5.41, 5.74) is 8.26. The van der Waals surface area contributed by atoms with E-state index >= 15 is 0 Å². The van der Waals surface area contributed by atoms with Gasteiger partial charge in [0.15, 0.2) is 0 Å². The number of rotatable bonds is 5. The summed E-state index contributed by atoms with van der Waals surface area (Å²) in [5, 5.41) is 15.4. The van der Waals surface area contributed by atoms with Crippen LogP contribution in [-0.2, 0) is 0 Å². The fourth-order valence-corrected chi connectivity index (χ4v) is 10.4. The number of anilines is 3. The lowest BCUT2D eigenvalue weighted by Gasteiger charge is -2.26.